The second kappa shape index (κ2) is 11.4. The van der Waals surface area contributed by atoms with Crippen LogP contribution in [0.2, 0.25) is 0 Å². The van der Waals surface area contributed by atoms with Crippen LogP contribution in [0.1, 0.15) is 34.1 Å². The number of ketones is 1. The third-order valence-corrected chi connectivity index (χ3v) is 7.99. The topological polar surface area (TPSA) is 115 Å². The predicted molar refractivity (Wildman–Crippen MR) is 134 cm³/mol. The summed E-state index contributed by atoms with van der Waals surface area (Å²) in [7, 11) is -4.08. The van der Waals surface area contributed by atoms with E-state index in [1.54, 1.807) is 27.7 Å². The van der Waals surface area contributed by atoms with Crippen LogP contribution < -0.4 is 14.5 Å². The van der Waals surface area contributed by atoms with Crippen LogP contribution in [0.15, 0.2) is 35.2 Å². The molecule has 1 fully saturated rings. The summed E-state index contributed by atoms with van der Waals surface area (Å²) in [6.07, 6.45) is 0.361. The lowest BCUT2D eigenvalue weighted by molar-refractivity contribution is -0.114. The van der Waals surface area contributed by atoms with E-state index in [2.05, 4.69) is 5.16 Å². The standard InChI is InChI=1S/C24H28F3N4O7P/c1-14(2)37-39(34,38-15(3)4)31(20-7-10-35-28-20)13-17-12-30(24(33)36-17)19-11-18(25)23(22(27)21(19)26)29-8-5-16(32)6-9-29/h5,7-8,10-11,14-15,17H,6,9,12-13H2,1-4H3/t17-/m1/s1. The van der Waals surface area contributed by atoms with Crippen LogP contribution in [-0.2, 0) is 23.1 Å². The monoisotopic (exact) mass is 572 g/mol. The summed E-state index contributed by atoms with van der Waals surface area (Å²) in [5.41, 5.74) is -1.36. The number of carbonyl (C=O) groups is 2. The Morgan fingerprint density at radius 2 is 1.85 bits per heavy atom. The molecule has 0 bridgehead atoms. The van der Waals surface area contributed by atoms with Crippen LogP contribution in [0, 0.1) is 17.5 Å². The van der Waals surface area contributed by atoms with Gasteiger partial charge in [-0.3, -0.25) is 23.4 Å². The molecular formula is C24H28F3N4O7P. The van der Waals surface area contributed by atoms with Crippen molar-refractivity contribution in [1.29, 1.82) is 0 Å². The van der Waals surface area contributed by atoms with Crippen molar-refractivity contribution in [2.24, 2.45) is 0 Å². The highest BCUT2D eigenvalue weighted by atomic mass is 31.2. The lowest BCUT2D eigenvalue weighted by Crippen LogP contribution is -2.35. The minimum atomic E-state index is -4.08. The molecule has 0 aliphatic carbocycles. The van der Waals surface area contributed by atoms with Gasteiger partial charge >= 0.3 is 13.8 Å². The van der Waals surface area contributed by atoms with Gasteiger partial charge in [0.1, 0.15) is 18.1 Å². The zero-order valence-electron chi connectivity index (χ0n) is 21.7. The third kappa shape index (κ3) is 6.13. The van der Waals surface area contributed by atoms with E-state index in [9.17, 15) is 14.2 Å². The molecule has 39 heavy (non-hydrogen) atoms. The smallest absolute Gasteiger partial charge is 0.437 e. The van der Waals surface area contributed by atoms with Crippen molar-refractivity contribution >= 4 is 36.8 Å². The first-order chi connectivity index (χ1) is 18.4. The first kappa shape index (κ1) is 28.7. The molecule has 0 saturated carbocycles. The fourth-order valence-corrected chi connectivity index (χ4v) is 6.20. The number of rotatable bonds is 10. The summed E-state index contributed by atoms with van der Waals surface area (Å²) in [5, 5.41) is 3.81. The van der Waals surface area contributed by atoms with Gasteiger partial charge in [-0.05, 0) is 33.8 Å². The lowest BCUT2D eigenvalue weighted by atomic mass is 10.1. The van der Waals surface area contributed by atoms with Crippen molar-refractivity contribution in [2.45, 2.75) is 52.4 Å². The molecule has 2 aromatic rings. The number of hydrogen-bond acceptors (Lipinski definition) is 9. The van der Waals surface area contributed by atoms with Crippen molar-refractivity contribution < 1.29 is 45.6 Å². The Kier molecular flexibility index (Phi) is 8.38. The zero-order chi connectivity index (χ0) is 28.5. The third-order valence-electron chi connectivity index (χ3n) is 5.66. The molecular weight excluding hydrogens is 544 g/mol. The fraction of sp³-hybridized carbons (Fsp3) is 0.458. The summed E-state index contributed by atoms with van der Waals surface area (Å²) in [6, 6.07) is 2.09. The van der Waals surface area contributed by atoms with E-state index >= 15 is 13.2 Å². The van der Waals surface area contributed by atoms with Gasteiger partial charge in [-0.1, -0.05) is 5.16 Å². The SMILES string of the molecule is CC(C)OP(=O)(OC(C)C)N(C[C@H]1CN(c2cc(F)c(N3C=CC(=O)CC3)c(F)c2F)C(=O)O1)c1ccon1. The van der Waals surface area contributed by atoms with Crippen LogP contribution >= 0.6 is 7.75 Å². The minimum Gasteiger partial charge on any atom is -0.442 e. The van der Waals surface area contributed by atoms with E-state index in [0.29, 0.717) is 6.07 Å². The number of aromatic nitrogens is 1. The Hall–Kier alpha value is -3.35. The van der Waals surface area contributed by atoms with Crippen LogP contribution in [0.5, 0.6) is 0 Å². The fourth-order valence-electron chi connectivity index (χ4n) is 4.12. The first-order valence-electron chi connectivity index (χ1n) is 12.2. The maximum atomic E-state index is 15.2. The average Bonchev–Trinajstić information content (AvgIpc) is 3.49. The molecule has 11 nitrogen and oxygen atoms in total. The van der Waals surface area contributed by atoms with Gasteiger partial charge < -0.3 is 14.2 Å². The molecule has 4 rings (SSSR count). The largest absolute Gasteiger partial charge is 0.442 e. The maximum Gasteiger partial charge on any atom is 0.437 e. The van der Waals surface area contributed by atoms with E-state index < -0.39 is 61.0 Å². The maximum absolute atomic E-state index is 15.2. The number of cyclic esters (lactones) is 1. The number of allylic oxidation sites excluding steroid dienone is 1. The zero-order valence-corrected chi connectivity index (χ0v) is 22.6. The van der Waals surface area contributed by atoms with Gasteiger partial charge in [0, 0.05) is 31.3 Å². The predicted octanol–water partition coefficient (Wildman–Crippen LogP) is 5.17. The second-order valence-electron chi connectivity index (χ2n) is 9.41. The Morgan fingerprint density at radius 3 is 2.41 bits per heavy atom. The van der Waals surface area contributed by atoms with Crippen LogP contribution in [-0.4, -0.2) is 55.0 Å². The highest BCUT2D eigenvalue weighted by Crippen LogP contribution is 2.56. The highest BCUT2D eigenvalue weighted by Gasteiger charge is 2.43. The molecule has 1 aromatic carbocycles. The van der Waals surface area contributed by atoms with Gasteiger partial charge in [0.05, 0.1) is 31.0 Å². The van der Waals surface area contributed by atoms with Crippen LogP contribution in [0.25, 0.3) is 0 Å². The summed E-state index contributed by atoms with van der Waals surface area (Å²) in [4.78, 5) is 25.9. The second-order valence-corrected chi connectivity index (χ2v) is 11.3. The number of ether oxygens (including phenoxy) is 1. The van der Waals surface area contributed by atoms with E-state index in [0.717, 1.165) is 20.5 Å². The van der Waals surface area contributed by atoms with E-state index in [1.165, 1.54) is 18.5 Å². The molecule has 0 spiro atoms. The molecule has 0 N–H and O–H groups in total. The Balaban J connectivity index is 1.61. The van der Waals surface area contributed by atoms with E-state index in [-0.39, 0.29) is 37.7 Å². The molecule has 1 amide bonds. The number of carbonyl (C=O) groups excluding carboxylic acids is 2. The van der Waals surface area contributed by atoms with Crippen molar-refractivity contribution in [3.63, 3.8) is 0 Å². The molecule has 15 heteroatoms. The summed E-state index contributed by atoms with van der Waals surface area (Å²) in [6.45, 7) is 5.95. The molecule has 2 aliphatic heterocycles. The minimum absolute atomic E-state index is 0.00576. The molecule has 3 heterocycles. The van der Waals surface area contributed by atoms with Gasteiger partial charge in [0.2, 0.25) is 0 Å². The quantitative estimate of drug-likeness (QED) is 0.279. The number of nitrogens with zero attached hydrogens (tertiary/aromatic N) is 4. The van der Waals surface area contributed by atoms with Gasteiger partial charge in [-0.15, -0.1) is 0 Å². The van der Waals surface area contributed by atoms with Crippen molar-refractivity contribution in [2.75, 3.05) is 34.1 Å². The van der Waals surface area contributed by atoms with Crippen molar-refractivity contribution in [1.82, 2.24) is 5.16 Å². The number of amides is 1. The molecule has 212 valence electrons. The number of hydrogen-bond donors (Lipinski definition) is 0. The average molecular weight is 572 g/mol. The summed E-state index contributed by atoms with van der Waals surface area (Å²) < 4.78 is 81.7. The highest BCUT2D eigenvalue weighted by molar-refractivity contribution is 7.55. The Bertz CT molecular complexity index is 1290. The Labute approximate surface area is 222 Å². The Morgan fingerprint density at radius 1 is 1.15 bits per heavy atom. The normalized spacial score (nSPS) is 18.0. The van der Waals surface area contributed by atoms with Crippen LogP contribution in [0.3, 0.4) is 0 Å². The molecule has 0 radical (unpaired) electrons. The van der Waals surface area contributed by atoms with E-state index in [4.69, 9.17) is 18.3 Å². The van der Waals surface area contributed by atoms with Crippen molar-refractivity contribution in [3.05, 3.63) is 48.1 Å². The molecule has 2 aliphatic rings. The van der Waals surface area contributed by atoms with Crippen LogP contribution in [0.4, 0.5) is 35.2 Å². The molecule has 1 atom stereocenters. The molecule has 1 aromatic heterocycles. The van der Waals surface area contributed by atoms with Gasteiger partial charge in [-0.2, -0.15) is 0 Å². The number of halogens is 3. The molecule has 0 unspecified atom stereocenters. The number of benzene rings is 1. The van der Waals surface area contributed by atoms with Gasteiger partial charge in [0.25, 0.3) is 0 Å². The van der Waals surface area contributed by atoms with Crippen molar-refractivity contribution in [3.8, 4) is 0 Å². The molecule has 1 saturated heterocycles. The van der Waals surface area contributed by atoms with Gasteiger partial charge in [0.15, 0.2) is 29.1 Å². The summed E-state index contributed by atoms with van der Waals surface area (Å²) in [5.74, 6) is -4.29. The number of anilines is 3. The lowest BCUT2D eigenvalue weighted by Gasteiger charge is -2.33. The summed E-state index contributed by atoms with van der Waals surface area (Å²) >= 11 is 0. The van der Waals surface area contributed by atoms with E-state index in [1.807, 2.05) is 0 Å². The first-order valence-corrected chi connectivity index (χ1v) is 13.7. The van der Waals surface area contributed by atoms with Gasteiger partial charge in [-0.25, -0.2) is 22.5 Å².